The molecule has 0 unspecified atom stereocenters. The van der Waals surface area contributed by atoms with Crippen LogP contribution in [0.5, 0.6) is 0 Å². The van der Waals surface area contributed by atoms with Gasteiger partial charge in [0.05, 0.1) is 0 Å². The van der Waals surface area contributed by atoms with Crippen LogP contribution in [0.3, 0.4) is 0 Å². The normalized spacial score (nSPS) is 10.8. The molecule has 0 amide bonds. The summed E-state index contributed by atoms with van der Waals surface area (Å²) in [5.41, 5.74) is 0.396. The molecular formula is C18H9F3N6. The Morgan fingerprint density at radius 3 is 1.04 bits per heavy atom. The summed E-state index contributed by atoms with van der Waals surface area (Å²) in [6.45, 7) is 0. The van der Waals surface area contributed by atoms with Gasteiger partial charge in [-0.3, -0.25) is 15.0 Å². The SMILES string of the molecule is Fc1ccnc(-c2nc(-c3cc(F)ccn3)nc(-c3cc(F)ccn3)n2)c1. The van der Waals surface area contributed by atoms with E-state index in [-0.39, 0.29) is 34.6 Å². The van der Waals surface area contributed by atoms with Gasteiger partial charge in [0, 0.05) is 36.8 Å². The Balaban J connectivity index is 1.94. The summed E-state index contributed by atoms with van der Waals surface area (Å²) in [6, 6.07) is 6.95. The lowest BCUT2D eigenvalue weighted by molar-refractivity contribution is 0.626. The van der Waals surface area contributed by atoms with Crippen molar-refractivity contribution in [1.29, 1.82) is 0 Å². The van der Waals surface area contributed by atoms with Crippen molar-refractivity contribution in [1.82, 2.24) is 29.9 Å². The third-order valence-corrected chi connectivity index (χ3v) is 3.49. The Kier molecular flexibility index (Phi) is 4.25. The zero-order valence-corrected chi connectivity index (χ0v) is 13.5. The van der Waals surface area contributed by atoms with Gasteiger partial charge in [-0.25, -0.2) is 28.1 Å². The summed E-state index contributed by atoms with van der Waals surface area (Å²) in [6.07, 6.45) is 3.78. The van der Waals surface area contributed by atoms with E-state index in [1.54, 1.807) is 0 Å². The van der Waals surface area contributed by atoms with Crippen molar-refractivity contribution in [3.63, 3.8) is 0 Å². The second-order valence-corrected chi connectivity index (χ2v) is 5.38. The van der Waals surface area contributed by atoms with Crippen molar-refractivity contribution >= 4 is 0 Å². The van der Waals surface area contributed by atoms with E-state index in [1.165, 1.54) is 36.8 Å². The molecule has 0 fully saturated rings. The number of pyridine rings is 3. The highest BCUT2D eigenvalue weighted by Crippen LogP contribution is 2.22. The molecule has 0 radical (unpaired) electrons. The topological polar surface area (TPSA) is 77.3 Å². The molecule has 4 aromatic rings. The lowest BCUT2D eigenvalue weighted by atomic mass is 10.2. The Hall–Kier alpha value is -3.75. The van der Waals surface area contributed by atoms with Crippen LogP contribution >= 0.6 is 0 Å². The first-order valence-corrected chi connectivity index (χ1v) is 7.70. The van der Waals surface area contributed by atoms with Crippen molar-refractivity contribution < 1.29 is 13.2 Å². The molecule has 4 aromatic heterocycles. The maximum Gasteiger partial charge on any atom is 0.182 e. The van der Waals surface area contributed by atoms with E-state index in [0.29, 0.717) is 0 Å². The highest BCUT2D eigenvalue weighted by atomic mass is 19.1. The van der Waals surface area contributed by atoms with Gasteiger partial charge >= 0.3 is 0 Å². The fourth-order valence-corrected chi connectivity index (χ4v) is 2.30. The van der Waals surface area contributed by atoms with E-state index in [1.807, 2.05) is 0 Å². The molecule has 0 aromatic carbocycles. The molecule has 0 saturated heterocycles. The fourth-order valence-electron chi connectivity index (χ4n) is 2.30. The number of nitrogens with zero attached hydrogens (tertiary/aromatic N) is 6. The average molecular weight is 366 g/mol. The summed E-state index contributed by atoms with van der Waals surface area (Å²) < 4.78 is 40.7. The van der Waals surface area contributed by atoms with E-state index in [2.05, 4.69) is 29.9 Å². The molecular weight excluding hydrogens is 357 g/mol. The lowest BCUT2D eigenvalue weighted by Gasteiger charge is -2.07. The van der Waals surface area contributed by atoms with Crippen LogP contribution in [0.2, 0.25) is 0 Å². The minimum atomic E-state index is -0.531. The second kappa shape index (κ2) is 6.87. The van der Waals surface area contributed by atoms with E-state index >= 15 is 0 Å². The van der Waals surface area contributed by atoms with Gasteiger partial charge in [-0.15, -0.1) is 0 Å². The molecule has 4 rings (SSSR count). The van der Waals surface area contributed by atoms with Crippen LogP contribution in [0.15, 0.2) is 55.0 Å². The standard InChI is InChI=1S/C18H9F3N6/c19-10-1-4-22-13(7-10)16-25-17(14-8-11(20)2-5-23-14)27-18(26-16)15-9-12(21)3-6-24-15/h1-9H. The van der Waals surface area contributed by atoms with E-state index in [9.17, 15) is 13.2 Å². The van der Waals surface area contributed by atoms with Gasteiger partial charge in [0.15, 0.2) is 17.5 Å². The quantitative estimate of drug-likeness (QED) is 0.553. The average Bonchev–Trinajstić information content (AvgIpc) is 2.68. The van der Waals surface area contributed by atoms with Crippen LogP contribution in [-0.4, -0.2) is 29.9 Å². The van der Waals surface area contributed by atoms with Crippen LogP contribution < -0.4 is 0 Å². The highest BCUT2D eigenvalue weighted by molar-refractivity contribution is 5.61. The zero-order chi connectivity index (χ0) is 18.8. The van der Waals surface area contributed by atoms with Crippen LogP contribution in [0.1, 0.15) is 0 Å². The van der Waals surface area contributed by atoms with Crippen LogP contribution in [0.25, 0.3) is 34.6 Å². The maximum atomic E-state index is 13.6. The van der Waals surface area contributed by atoms with Gasteiger partial charge in [0.25, 0.3) is 0 Å². The number of hydrogen-bond donors (Lipinski definition) is 0. The summed E-state index contributed by atoms with van der Waals surface area (Å²) in [7, 11) is 0. The molecule has 0 aliphatic carbocycles. The number of rotatable bonds is 3. The van der Waals surface area contributed by atoms with Gasteiger partial charge in [-0.1, -0.05) is 0 Å². The van der Waals surface area contributed by atoms with Gasteiger partial charge < -0.3 is 0 Å². The van der Waals surface area contributed by atoms with E-state index in [0.717, 1.165) is 18.2 Å². The maximum absolute atomic E-state index is 13.6. The molecule has 6 nitrogen and oxygen atoms in total. The molecule has 27 heavy (non-hydrogen) atoms. The molecule has 0 spiro atoms. The van der Waals surface area contributed by atoms with Crippen molar-refractivity contribution in [2.45, 2.75) is 0 Å². The third-order valence-electron chi connectivity index (χ3n) is 3.49. The first-order chi connectivity index (χ1) is 13.1. The monoisotopic (exact) mass is 366 g/mol. The molecule has 0 aliphatic rings. The summed E-state index contributed by atoms with van der Waals surface area (Å²) in [5, 5.41) is 0. The molecule has 0 N–H and O–H groups in total. The van der Waals surface area contributed by atoms with Crippen LogP contribution in [0.4, 0.5) is 13.2 Å². The smallest absolute Gasteiger partial charge is 0.182 e. The summed E-state index contributed by atoms with van der Waals surface area (Å²) in [4.78, 5) is 24.7. The number of hydrogen-bond acceptors (Lipinski definition) is 6. The molecule has 0 saturated carbocycles. The Labute approximate surface area is 150 Å². The largest absolute Gasteiger partial charge is 0.253 e. The molecule has 0 aliphatic heterocycles. The number of aromatic nitrogens is 6. The predicted molar refractivity (Wildman–Crippen MR) is 89.4 cm³/mol. The molecule has 4 heterocycles. The van der Waals surface area contributed by atoms with Crippen molar-refractivity contribution in [3.8, 4) is 34.6 Å². The Morgan fingerprint density at radius 1 is 0.481 bits per heavy atom. The number of halogens is 3. The van der Waals surface area contributed by atoms with E-state index in [4.69, 9.17) is 0 Å². The minimum Gasteiger partial charge on any atom is -0.253 e. The van der Waals surface area contributed by atoms with Gasteiger partial charge in [0.2, 0.25) is 0 Å². The lowest BCUT2D eigenvalue weighted by Crippen LogP contribution is -2.03. The molecule has 132 valence electrons. The summed E-state index contributed by atoms with van der Waals surface area (Å²) in [5.74, 6) is -1.53. The van der Waals surface area contributed by atoms with Crippen molar-refractivity contribution in [3.05, 3.63) is 72.4 Å². The van der Waals surface area contributed by atoms with Crippen molar-refractivity contribution in [2.75, 3.05) is 0 Å². The van der Waals surface area contributed by atoms with Crippen LogP contribution in [0, 0.1) is 17.5 Å². The third kappa shape index (κ3) is 3.61. The predicted octanol–water partition coefficient (Wildman–Crippen LogP) is 3.47. The second-order valence-electron chi connectivity index (χ2n) is 5.38. The minimum absolute atomic E-state index is 0.0200. The van der Waals surface area contributed by atoms with Gasteiger partial charge in [0.1, 0.15) is 34.5 Å². The fraction of sp³-hybridized carbons (Fsp3) is 0. The zero-order valence-electron chi connectivity index (χ0n) is 13.5. The molecule has 0 atom stereocenters. The van der Waals surface area contributed by atoms with Gasteiger partial charge in [-0.05, 0) is 18.2 Å². The first kappa shape index (κ1) is 16.7. The van der Waals surface area contributed by atoms with Gasteiger partial charge in [-0.2, -0.15) is 0 Å². The first-order valence-electron chi connectivity index (χ1n) is 7.70. The Morgan fingerprint density at radius 2 is 0.778 bits per heavy atom. The molecule has 0 bridgehead atoms. The Bertz CT molecular complexity index is 981. The summed E-state index contributed by atoms with van der Waals surface area (Å²) >= 11 is 0. The van der Waals surface area contributed by atoms with Crippen LogP contribution in [-0.2, 0) is 0 Å². The highest BCUT2D eigenvalue weighted by Gasteiger charge is 2.15. The van der Waals surface area contributed by atoms with E-state index < -0.39 is 17.5 Å². The molecule has 9 heteroatoms. The van der Waals surface area contributed by atoms with Crippen molar-refractivity contribution in [2.24, 2.45) is 0 Å².